The van der Waals surface area contributed by atoms with Gasteiger partial charge < -0.3 is 15.0 Å². The third kappa shape index (κ3) is 3.78. The van der Waals surface area contributed by atoms with E-state index in [9.17, 15) is 9.59 Å². The lowest BCUT2D eigenvalue weighted by Gasteiger charge is -2.31. The maximum Gasteiger partial charge on any atom is 0.409 e. The molecule has 0 unspecified atom stereocenters. The highest BCUT2D eigenvalue weighted by Crippen LogP contribution is 2.47. The van der Waals surface area contributed by atoms with Gasteiger partial charge in [-0.15, -0.1) is 0 Å². The van der Waals surface area contributed by atoms with Crippen LogP contribution in [0, 0.1) is 5.92 Å². The molecule has 0 spiro atoms. The predicted octanol–water partition coefficient (Wildman–Crippen LogP) is 2.79. The number of halogens is 1. The molecular formula is C17H21ClN2O3. The first-order valence-corrected chi connectivity index (χ1v) is 8.35. The Morgan fingerprint density at radius 1 is 1.22 bits per heavy atom. The maximum absolute atomic E-state index is 12.4. The summed E-state index contributed by atoms with van der Waals surface area (Å²) in [5.41, 5.74) is 1.18. The van der Waals surface area contributed by atoms with Crippen LogP contribution in [0.5, 0.6) is 0 Å². The number of ether oxygens (including phenoxy) is 1. The Balaban J connectivity index is 1.46. The van der Waals surface area contributed by atoms with Gasteiger partial charge in [0.05, 0.1) is 7.11 Å². The fraction of sp³-hybridized carbons (Fsp3) is 0.529. The van der Waals surface area contributed by atoms with Crippen LogP contribution in [0.25, 0.3) is 0 Å². The highest BCUT2D eigenvalue weighted by Gasteiger charge is 2.44. The summed E-state index contributed by atoms with van der Waals surface area (Å²) in [5, 5.41) is 3.84. The number of piperidine rings is 1. The summed E-state index contributed by atoms with van der Waals surface area (Å²) in [6, 6.07) is 7.87. The van der Waals surface area contributed by atoms with E-state index >= 15 is 0 Å². The molecule has 124 valence electrons. The summed E-state index contributed by atoms with van der Waals surface area (Å²) in [6.07, 6.45) is 2.16. The minimum absolute atomic E-state index is 0.0646. The van der Waals surface area contributed by atoms with E-state index < -0.39 is 0 Å². The zero-order valence-electron chi connectivity index (χ0n) is 13.1. The summed E-state index contributed by atoms with van der Waals surface area (Å²) in [5.74, 6) is 0.499. The monoisotopic (exact) mass is 336 g/mol. The quantitative estimate of drug-likeness (QED) is 0.923. The summed E-state index contributed by atoms with van der Waals surface area (Å²) >= 11 is 5.89. The Morgan fingerprint density at radius 3 is 2.48 bits per heavy atom. The van der Waals surface area contributed by atoms with Crippen LogP contribution in [0.3, 0.4) is 0 Å². The van der Waals surface area contributed by atoms with Crippen molar-refractivity contribution in [1.29, 1.82) is 0 Å². The number of carbonyl (C=O) groups is 2. The van der Waals surface area contributed by atoms with E-state index in [2.05, 4.69) is 5.32 Å². The Hall–Kier alpha value is -1.75. The molecule has 1 aromatic carbocycles. The second kappa shape index (κ2) is 6.79. The summed E-state index contributed by atoms with van der Waals surface area (Å²) in [6.45, 7) is 1.26. The fourth-order valence-corrected chi connectivity index (χ4v) is 3.33. The topological polar surface area (TPSA) is 58.6 Å². The molecule has 2 aliphatic rings. The molecule has 2 atom stereocenters. The smallest absolute Gasteiger partial charge is 0.409 e. The zero-order valence-corrected chi connectivity index (χ0v) is 13.9. The first-order valence-electron chi connectivity index (χ1n) is 7.97. The van der Waals surface area contributed by atoms with Crippen LogP contribution in [-0.4, -0.2) is 43.1 Å². The van der Waals surface area contributed by atoms with E-state index in [1.54, 1.807) is 4.90 Å². The molecule has 23 heavy (non-hydrogen) atoms. The average Bonchev–Trinajstić information content (AvgIpc) is 3.36. The minimum atomic E-state index is -0.292. The molecule has 2 fully saturated rings. The second-order valence-electron chi connectivity index (χ2n) is 6.24. The molecule has 6 heteroatoms. The zero-order chi connectivity index (χ0) is 16.4. The van der Waals surface area contributed by atoms with Crippen molar-refractivity contribution in [1.82, 2.24) is 10.2 Å². The summed E-state index contributed by atoms with van der Waals surface area (Å²) < 4.78 is 4.72. The van der Waals surface area contributed by atoms with Crippen molar-refractivity contribution in [2.45, 2.75) is 31.2 Å². The number of amides is 2. The van der Waals surface area contributed by atoms with Crippen LogP contribution in [0.1, 0.15) is 30.7 Å². The number of hydrogen-bond donors (Lipinski definition) is 1. The molecule has 1 aromatic rings. The van der Waals surface area contributed by atoms with Gasteiger partial charge in [-0.1, -0.05) is 23.7 Å². The Labute approximate surface area is 140 Å². The number of nitrogens with one attached hydrogen (secondary N) is 1. The SMILES string of the molecule is COC(=O)N1CCC(NC(=O)[C@@H]2C[C@@H]2c2ccc(Cl)cc2)CC1. The van der Waals surface area contributed by atoms with Crippen LogP contribution in [-0.2, 0) is 9.53 Å². The van der Waals surface area contributed by atoms with Gasteiger partial charge in [-0.3, -0.25) is 4.79 Å². The van der Waals surface area contributed by atoms with Gasteiger partial charge in [0, 0.05) is 30.1 Å². The van der Waals surface area contributed by atoms with E-state index in [0.717, 1.165) is 19.3 Å². The van der Waals surface area contributed by atoms with Crippen LogP contribution in [0.15, 0.2) is 24.3 Å². The van der Waals surface area contributed by atoms with Crippen LogP contribution >= 0.6 is 11.6 Å². The minimum Gasteiger partial charge on any atom is -0.453 e. The number of rotatable bonds is 3. The highest BCUT2D eigenvalue weighted by atomic mass is 35.5. The van der Waals surface area contributed by atoms with Gasteiger partial charge in [-0.25, -0.2) is 4.79 Å². The number of carbonyl (C=O) groups excluding carboxylic acids is 2. The standard InChI is InChI=1S/C17H21ClN2O3/c1-23-17(22)20-8-6-13(7-9-20)19-16(21)15-10-14(15)11-2-4-12(18)5-3-11/h2-5,13-15H,6-10H2,1H3,(H,19,21)/t14-,15-/m1/s1. The van der Waals surface area contributed by atoms with E-state index in [1.807, 2.05) is 24.3 Å². The lowest BCUT2D eigenvalue weighted by atomic mass is 10.0. The fourth-order valence-electron chi connectivity index (χ4n) is 3.21. The molecule has 1 aliphatic carbocycles. The average molecular weight is 337 g/mol. The first kappa shape index (κ1) is 16.1. The normalized spacial score (nSPS) is 24.2. The van der Waals surface area contributed by atoms with Gasteiger partial charge in [0.1, 0.15) is 0 Å². The van der Waals surface area contributed by atoms with Crippen molar-refractivity contribution >= 4 is 23.6 Å². The van der Waals surface area contributed by atoms with Gasteiger partial charge in [0.2, 0.25) is 5.91 Å². The van der Waals surface area contributed by atoms with E-state index in [-0.39, 0.29) is 24.0 Å². The van der Waals surface area contributed by atoms with Crippen molar-refractivity contribution in [2.24, 2.45) is 5.92 Å². The van der Waals surface area contributed by atoms with Crippen LogP contribution in [0.4, 0.5) is 4.79 Å². The third-order valence-corrected chi connectivity index (χ3v) is 4.95. The number of nitrogens with zero attached hydrogens (tertiary/aromatic N) is 1. The molecule has 2 amide bonds. The largest absolute Gasteiger partial charge is 0.453 e. The van der Waals surface area contributed by atoms with Crippen LogP contribution < -0.4 is 5.32 Å². The van der Waals surface area contributed by atoms with E-state index in [4.69, 9.17) is 16.3 Å². The number of benzene rings is 1. The van der Waals surface area contributed by atoms with Crippen molar-refractivity contribution in [3.05, 3.63) is 34.9 Å². The van der Waals surface area contributed by atoms with Gasteiger partial charge >= 0.3 is 6.09 Å². The third-order valence-electron chi connectivity index (χ3n) is 4.70. The first-order chi connectivity index (χ1) is 11.1. The molecule has 0 radical (unpaired) electrons. The molecule has 3 rings (SSSR count). The summed E-state index contributed by atoms with van der Waals surface area (Å²) in [7, 11) is 1.39. The number of methoxy groups -OCH3 is 1. The van der Waals surface area contributed by atoms with Crippen LogP contribution in [0.2, 0.25) is 5.02 Å². The Morgan fingerprint density at radius 2 is 1.87 bits per heavy atom. The lowest BCUT2D eigenvalue weighted by Crippen LogP contribution is -2.47. The molecule has 0 aromatic heterocycles. The van der Waals surface area contributed by atoms with Crippen molar-refractivity contribution in [2.75, 3.05) is 20.2 Å². The molecule has 1 heterocycles. The van der Waals surface area contributed by atoms with Gasteiger partial charge in [-0.2, -0.15) is 0 Å². The molecular weight excluding hydrogens is 316 g/mol. The van der Waals surface area contributed by atoms with Crippen molar-refractivity contribution in [3.63, 3.8) is 0 Å². The number of likely N-dealkylation sites (tertiary alicyclic amines) is 1. The predicted molar refractivity (Wildman–Crippen MR) is 87.4 cm³/mol. The molecule has 1 N–H and O–H groups in total. The molecule has 1 saturated carbocycles. The molecule has 5 nitrogen and oxygen atoms in total. The van der Waals surface area contributed by atoms with Gasteiger partial charge in [0.15, 0.2) is 0 Å². The maximum atomic E-state index is 12.4. The molecule has 1 saturated heterocycles. The molecule has 0 bridgehead atoms. The lowest BCUT2D eigenvalue weighted by molar-refractivity contribution is -0.123. The Bertz CT molecular complexity index is 582. The van der Waals surface area contributed by atoms with Crippen molar-refractivity contribution in [3.8, 4) is 0 Å². The second-order valence-corrected chi connectivity index (χ2v) is 6.68. The van der Waals surface area contributed by atoms with E-state index in [1.165, 1.54) is 12.7 Å². The van der Waals surface area contributed by atoms with Crippen molar-refractivity contribution < 1.29 is 14.3 Å². The van der Waals surface area contributed by atoms with E-state index in [0.29, 0.717) is 24.0 Å². The Kier molecular flexibility index (Phi) is 4.76. The number of hydrogen-bond acceptors (Lipinski definition) is 3. The summed E-state index contributed by atoms with van der Waals surface area (Å²) in [4.78, 5) is 25.5. The highest BCUT2D eigenvalue weighted by molar-refractivity contribution is 6.30. The molecule has 1 aliphatic heterocycles. The van der Waals surface area contributed by atoms with Gasteiger partial charge in [0.25, 0.3) is 0 Å². The van der Waals surface area contributed by atoms with Gasteiger partial charge in [-0.05, 0) is 42.9 Å².